The van der Waals surface area contributed by atoms with E-state index in [9.17, 15) is 4.79 Å². The molecule has 2 aromatic heterocycles. The van der Waals surface area contributed by atoms with Gasteiger partial charge in [-0.15, -0.1) is 11.3 Å². The summed E-state index contributed by atoms with van der Waals surface area (Å²) in [4.78, 5) is 28.0. The summed E-state index contributed by atoms with van der Waals surface area (Å²) in [6.45, 7) is 5.93. The quantitative estimate of drug-likeness (QED) is 0.590. The minimum Gasteiger partial charge on any atom is -0.377 e. The Morgan fingerprint density at radius 3 is 3.00 bits per heavy atom. The Labute approximate surface area is 178 Å². The number of hydrogen-bond donors (Lipinski definition) is 3. The highest BCUT2D eigenvalue weighted by atomic mass is 32.1. The normalized spacial score (nSPS) is 22.4. The SMILES string of the molecule is C[C@@H]1COCCN1c1nc(N[C@@H]2CCCNC2)c(-c2nc3ccccc3s2)c(=O)[nH]1. The van der Waals surface area contributed by atoms with Gasteiger partial charge in [0.05, 0.1) is 29.5 Å². The van der Waals surface area contributed by atoms with Gasteiger partial charge in [-0.25, -0.2) is 4.98 Å². The van der Waals surface area contributed by atoms with Crippen LogP contribution in [0.4, 0.5) is 11.8 Å². The zero-order chi connectivity index (χ0) is 20.5. The Bertz CT molecular complexity index is 1060. The number of thiazole rings is 1. The van der Waals surface area contributed by atoms with Crippen LogP contribution in [-0.2, 0) is 4.74 Å². The average molecular weight is 427 g/mol. The molecule has 2 saturated heterocycles. The maximum atomic E-state index is 13.3. The standard InChI is InChI=1S/C21H26N6O2S/c1-13-12-29-10-9-27(13)21-25-18(23-14-5-4-8-22-11-14)17(19(28)26-21)20-24-15-6-2-3-7-16(15)30-20/h2-3,6-7,13-14,22H,4-5,8-12H2,1H3,(H2,23,25,26,28)/t13-,14-/m1/s1. The van der Waals surface area contributed by atoms with Gasteiger partial charge in [0.15, 0.2) is 0 Å². The van der Waals surface area contributed by atoms with E-state index in [0.717, 1.165) is 36.1 Å². The minimum atomic E-state index is -0.163. The highest BCUT2D eigenvalue weighted by Crippen LogP contribution is 2.33. The van der Waals surface area contributed by atoms with Crippen LogP contribution >= 0.6 is 11.3 Å². The van der Waals surface area contributed by atoms with Crippen LogP contribution in [0.5, 0.6) is 0 Å². The van der Waals surface area contributed by atoms with Crippen LogP contribution < -0.4 is 21.1 Å². The molecule has 5 rings (SSSR count). The van der Waals surface area contributed by atoms with Gasteiger partial charge in [0, 0.05) is 19.1 Å². The second kappa shape index (κ2) is 8.33. The van der Waals surface area contributed by atoms with Crippen molar-refractivity contribution in [3.63, 3.8) is 0 Å². The van der Waals surface area contributed by atoms with E-state index in [-0.39, 0.29) is 17.6 Å². The van der Waals surface area contributed by atoms with Gasteiger partial charge in [0.25, 0.3) is 5.56 Å². The number of fused-ring (bicyclic) bond motifs is 1. The number of benzene rings is 1. The Morgan fingerprint density at radius 2 is 2.20 bits per heavy atom. The molecule has 158 valence electrons. The third kappa shape index (κ3) is 3.80. The van der Waals surface area contributed by atoms with Crippen molar-refractivity contribution in [2.45, 2.75) is 31.8 Å². The molecular weight excluding hydrogens is 400 g/mol. The van der Waals surface area contributed by atoms with Crippen molar-refractivity contribution >= 4 is 33.3 Å². The number of nitrogens with one attached hydrogen (secondary N) is 3. The van der Waals surface area contributed by atoms with Crippen molar-refractivity contribution in [2.75, 3.05) is 43.1 Å². The van der Waals surface area contributed by atoms with Crippen LogP contribution in [0.15, 0.2) is 29.1 Å². The summed E-state index contributed by atoms with van der Waals surface area (Å²) >= 11 is 1.52. The van der Waals surface area contributed by atoms with E-state index in [1.807, 2.05) is 24.3 Å². The summed E-state index contributed by atoms with van der Waals surface area (Å²) in [5.41, 5.74) is 1.25. The first-order chi connectivity index (χ1) is 14.7. The third-order valence-corrected chi connectivity index (χ3v) is 6.75. The van der Waals surface area contributed by atoms with Crippen LogP contribution in [0.25, 0.3) is 20.8 Å². The Kier molecular flexibility index (Phi) is 5.41. The maximum Gasteiger partial charge on any atom is 0.264 e. The molecule has 9 heteroatoms. The molecule has 3 aromatic rings. The summed E-state index contributed by atoms with van der Waals surface area (Å²) in [5, 5.41) is 7.65. The van der Waals surface area contributed by atoms with E-state index in [2.05, 4.69) is 27.4 Å². The molecule has 0 saturated carbocycles. The predicted molar refractivity (Wildman–Crippen MR) is 121 cm³/mol. The predicted octanol–water partition coefficient (Wildman–Crippen LogP) is 2.44. The number of morpholine rings is 1. The van der Waals surface area contributed by atoms with E-state index in [1.54, 1.807) is 0 Å². The lowest BCUT2D eigenvalue weighted by molar-refractivity contribution is 0.0981. The zero-order valence-electron chi connectivity index (χ0n) is 17.0. The molecule has 1 aromatic carbocycles. The molecule has 2 aliphatic rings. The molecule has 30 heavy (non-hydrogen) atoms. The second-order valence-electron chi connectivity index (χ2n) is 7.90. The first kappa shape index (κ1) is 19.5. The Morgan fingerprint density at radius 1 is 1.30 bits per heavy atom. The van der Waals surface area contributed by atoms with E-state index >= 15 is 0 Å². The smallest absolute Gasteiger partial charge is 0.264 e. The summed E-state index contributed by atoms with van der Waals surface area (Å²) in [6, 6.07) is 8.33. The van der Waals surface area contributed by atoms with Crippen molar-refractivity contribution in [2.24, 2.45) is 0 Å². The largest absolute Gasteiger partial charge is 0.377 e. The Balaban J connectivity index is 1.59. The van der Waals surface area contributed by atoms with E-state index < -0.39 is 0 Å². The average Bonchev–Trinajstić information content (AvgIpc) is 3.18. The number of nitrogens with zero attached hydrogens (tertiary/aromatic N) is 3. The fourth-order valence-corrected chi connectivity index (χ4v) is 5.10. The van der Waals surface area contributed by atoms with Gasteiger partial charge in [-0.3, -0.25) is 9.78 Å². The van der Waals surface area contributed by atoms with Gasteiger partial charge in [-0.2, -0.15) is 4.98 Å². The molecule has 4 heterocycles. The van der Waals surface area contributed by atoms with Crippen LogP contribution in [-0.4, -0.2) is 59.9 Å². The van der Waals surface area contributed by atoms with Crippen molar-refractivity contribution < 1.29 is 4.74 Å². The summed E-state index contributed by atoms with van der Waals surface area (Å²) in [6.07, 6.45) is 2.15. The fraction of sp³-hybridized carbons (Fsp3) is 0.476. The number of aromatic nitrogens is 3. The van der Waals surface area contributed by atoms with E-state index in [1.165, 1.54) is 11.3 Å². The zero-order valence-corrected chi connectivity index (χ0v) is 17.8. The number of aromatic amines is 1. The van der Waals surface area contributed by atoms with Gasteiger partial charge in [-0.05, 0) is 38.4 Å². The van der Waals surface area contributed by atoms with Crippen molar-refractivity contribution in [1.29, 1.82) is 0 Å². The molecule has 0 amide bonds. The van der Waals surface area contributed by atoms with Gasteiger partial charge >= 0.3 is 0 Å². The highest BCUT2D eigenvalue weighted by molar-refractivity contribution is 7.21. The lowest BCUT2D eigenvalue weighted by Gasteiger charge is -2.34. The molecule has 2 fully saturated rings. The van der Waals surface area contributed by atoms with Crippen LogP contribution in [0.2, 0.25) is 0 Å². The van der Waals surface area contributed by atoms with Crippen LogP contribution in [0.3, 0.4) is 0 Å². The number of hydrogen-bond acceptors (Lipinski definition) is 8. The Hall–Kier alpha value is -2.49. The molecule has 3 N–H and O–H groups in total. The van der Waals surface area contributed by atoms with E-state index in [0.29, 0.717) is 42.1 Å². The molecule has 0 unspecified atom stereocenters. The molecule has 2 aliphatic heterocycles. The molecule has 8 nitrogen and oxygen atoms in total. The maximum absolute atomic E-state index is 13.3. The van der Waals surface area contributed by atoms with Crippen molar-refractivity contribution in [3.05, 3.63) is 34.6 Å². The summed E-state index contributed by atoms with van der Waals surface area (Å²) in [7, 11) is 0. The molecule has 0 aliphatic carbocycles. The second-order valence-corrected chi connectivity index (χ2v) is 8.94. The molecular formula is C21H26N6O2S. The topological polar surface area (TPSA) is 95.2 Å². The minimum absolute atomic E-state index is 0.152. The lowest BCUT2D eigenvalue weighted by Crippen LogP contribution is -2.45. The van der Waals surface area contributed by atoms with Crippen LogP contribution in [0.1, 0.15) is 19.8 Å². The molecule has 0 radical (unpaired) electrons. The van der Waals surface area contributed by atoms with Crippen molar-refractivity contribution in [3.8, 4) is 10.6 Å². The first-order valence-electron chi connectivity index (χ1n) is 10.5. The number of piperidine rings is 1. The molecule has 0 spiro atoms. The fourth-order valence-electron chi connectivity index (χ4n) is 4.09. The third-order valence-electron chi connectivity index (χ3n) is 5.69. The molecule has 2 atom stereocenters. The van der Waals surface area contributed by atoms with Gasteiger partial charge in [0.1, 0.15) is 16.4 Å². The summed E-state index contributed by atoms with van der Waals surface area (Å²) in [5.74, 6) is 1.20. The highest BCUT2D eigenvalue weighted by Gasteiger charge is 2.26. The lowest BCUT2D eigenvalue weighted by atomic mass is 10.1. The van der Waals surface area contributed by atoms with E-state index in [4.69, 9.17) is 14.7 Å². The first-order valence-corrected chi connectivity index (χ1v) is 11.3. The number of ether oxygens (including phenoxy) is 1. The van der Waals surface area contributed by atoms with Crippen molar-refractivity contribution in [1.82, 2.24) is 20.3 Å². The van der Waals surface area contributed by atoms with Gasteiger partial charge < -0.3 is 20.3 Å². The van der Waals surface area contributed by atoms with Crippen LogP contribution in [0, 0.1) is 0 Å². The number of para-hydroxylation sites is 1. The number of anilines is 2. The number of H-pyrrole nitrogens is 1. The van der Waals surface area contributed by atoms with Gasteiger partial charge in [-0.1, -0.05) is 12.1 Å². The summed E-state index contributed by atoms with van der Waals surface area (Å²) < 4.78 is 6.61. The van der Waals surface area contributed by atoms with Gasteiger partial charge in [0.2, 0.25) is 5.95 Å². The number of rotatable bonds is 4. The monoisotopic (exact) mass is 426 g/mol. The molecule has 0 bridgehead atoms.